The van der Waals surface area contributed by atoms with Crippen LogP contribution >= 0.6 is 0 Å². The molecule has 2 heterocycles. The normalized spacial score (nSPS) is 11.7. The molecule has 0 bridgehead atoms. The number of sulfonamides is 1. The molecule has 0 spiro atoms. The molecule has 3 aromatic rings. The standard InChI is InChI=1S/C13H12N4O4S/c1-14-22(18,19)11-4-2-9(3-5-11)13-16-12(17-21-13)8-10-6-7-15-20-10/h2-7,14H,8H2,1H3. The van der Waals surface area contributed by atoms with Gasteiger partial charge in [-0.1, -0.05) is 10.3 Å². The van der Waals surface area contributed by atoms with Crippen LogP contribution in [0.4, 0.5) is 0 Å². The first kappa shape index (κ1) is 14.4. The average Bonchev–Trinajstić information content (AvgIpc) is 3.20. The fourth-order valence-corrected chi connectivity index (χ4v) is 2.56. The van der Waals surface area contributed by atoms with Gasteiger partial charge in [-0.25, -0.2) is 13.1 Å². The Bertz CT molecular complexity index is 854. The van der Waals surface area contributed by atoms with E-state index in [2.05, 4.69) is 20.0 Å². The van der Waals surface area contributed by atoms with E-state index in [-0.39, 0.29) is 4.90 Å². The highest BCUT2D eigenvalue weighted by Gasteiger charge is 2.14. The number of nitrogens with one attached hydrogen (secondary N) is 1. The Hall–Kier alpha value is -2.52. The predicted molar refractivity (Wildman–Crippen MR) is 75.3 cm³/mol. The average molecular weight is 320 g/mol. The zero-order valence-corrected chi connectivity index (χ0v) is 12.4. The first-order valence-corrected chi connectivity index (χ1v) is 7.83. The molecule has 0 amide bonds. The lowest BCUT2D eigenvalue weighted by atomic mass is 10.2. The van der Waals surface area contributed by atoms with Crippen molar-refractivity contribution in [3.8, 4) is 11.5 Å². The van der Waals surface area contributed by atoms with Crippen LogP contribution in [0.3, 0.4) is 0 Å². The second-order valence-corrected chi connectivity index (χ2v) is 6.29. The number of hydrogen-bond donors (Lipinski definition) is 1. The fraction of sp³-hybridized carbons (Fsp3) is 0.154. The first-order valence-electron chi connectivity index (χ1n) is 6.34. The number of hydrogen-bond acceptors (Lipinski definition) is 7. The fourth-order valence-electron chi connectivity index (χ4n) is 1.83. The van der Waals surface area contributed by atoms with Gasteiger partial charge in [-0.05, 0) is 31.3 Å². The molecule has 0 aliphatic carbocycles. The van der Waals surface area contributed by atoms with Crippen molar-refractivity contribution in [1.82, 2.24) is 20.0 Å². The molecule has 8 nitrogen and oxygen atoms in total. The van der Waals surface area contributed by atoms with Crippen molar-refractivity contribution < 1.29 is 17.5 Å². The van der Waals surface area contributed by atoms with Crippen LogP contribution < -0.4 is 4.72 Å². The van der Waals surface area contributed by atoms with Crippen LogP contribution in [0.15, 0.2) is 50.5 Å². The third kappa shape index (κ3) is 2.90. The van der Waals surface area contributed by atoms with Crippen molar-refractivity contribution in [1.29, 1.82) is 0 Å². The first-order chi connectivity index (χ1) is 10.6. The highest BCUT2D eigenvalue weighted by molar-refractivity contribution is 7.89. The molecule has 0 aliphatic rings. The zero-order chi connectivity index (χ0) is 15.6. The summed E-state index contributed by atoms with van der Waals surface area (Å²) in [6.45, 7) is 0. The SMILES string of the molecule is CNS(=O)(=O)c1ccc(-c2nc(Cc3ccno3)no2)cc1. The van der Waals surface area contributed by atoms with E-state index in [4.69, 9.17) is 9.05 Å². The van der Waals surface area contributed by atoms with E-state index in [0.717, 1.165) is 0 Å². The maximum absolute atomic E-state index is 11.7. The summed E-state index contributed by atoms with van der Waals surface area (Å²) in [6.07, 6.45) is 1.91. The van der Waals surface area contributed by atoms with Crippen LogP contribution in [-0.2, 0) is 16.4 Å². The Morgan fingerprint density at radius 3 is 2.55 bits per heavy atom. The summed E-state index contributed by atoms with van der Waals surface area (Å²) in [4.78, 5) is 4.40. The lowest BCUT2D eigenvalue weighted by Crippen LogP contribution is -2.18. The largest absolute Gasteiger partial charge is 0.361 e. The van der Waals surface area contributed by atoms with E-state index in [9.17, 15) is 8.42 Å². The Labute approximate surface area is 126 Å². The van der Waals surface area contributed by atoms with E-state index in [1.54, 1.807) is 18.2 Å². The van der Waals surface area contributed by atoms with Crippen LogP contribution in [0, 0.1) is 0 Å². The molecule has 114 valence electrons. The Morgan fingerprint density at radius 1 is 1.14 bits per heavy atom. The summed E-state index contributed by atoms with van der Waals surface area (Å²) in [7, 11) is -2.10. The van der Waals surface area contributed by atoms with Crippen LogP contribution in [0.1, 0.15) is 11.6 Å². The van der Waals surface area contributed by atoms with Gasteiger partial charge in [-0.2, -0.15) is 4.98 Å². The highest BCUT2D eigenvalue weighted by Crippen LogP contribution is 2.20. The smallest absolute Gasteiger partial charge is 0.257 e. The quantitative estimate of drug-likeness (QED) is 0.752. The van der Waals surface area contributed by atoms with Gasteiger partial charge in [0.2, 0.25) is 10.0 Å². The van der Waals surface area contributed by atoms with E-state index in [1.165, 1.54) is 25.4 Å². The van der Waals surface area contributed by atoms with E-state index < -0.39 is 10.0 Å². The van der Waals surface area contributed by atoms with Crippen LogP contribution in [0.5, 0.6) is 0 Å². The molecule has 1 N–H and O–H groups in total. The van der Waals surface area contributed by atoms with Gasteiger partial charge in [0.05, 0.1) is 17.5 Å². The molecule has 0 unspecified atom stereocenters. The van der Waals surface area contributed by atoms with Gasteiger partial charge in [0.1, 0.15) is 5.76 Å². The van der Waals surface area contributed by atoms with Crippen molar-refractivity contribution in [2.24, 2.45) is 0 Å². The molecule has 0 saturated carbocycles. The van der Waals surface area contributed by atoms with Gasteiger partial charge < -0.3 is 9.05 Å². The molecule has 0 radical (unpaired) electrons. The molecule has 2 aromatic heterocycles. The predicted octanol–water partition coefficient (Wildman–Crippen LogP) is 1.22. The Kier molecular flexibility index (Phi) is 3.73. The van der Waals surface area contributed by atoms with Crippen molar-refractivity contribution >= 4 is 10.0 Å². The molecule has 1 aromatic carbocycles. The van der Waals surface area contributed by atoms with Crippen molar-refractivity contribution in [3.63, 3.8) is 0 Å². The summed E-state index contributed by atoms with van der Waals surface area (Å²) >= 11 is 0. The molecular weight excluding hydrogens is 308 g/mol. The number of aromatic nitrogens is 3. The third-order valence-electron chi connectivity index (χ3n) is 2.97. The maximum atomic E-state index is 11.7. The topological polar surface area (TPSA) is 111 Å². The minimum absolute atomic E-state index is 0.167. The van der Waals surface area contributed by atoms with E-state index in [1.807, 2.05) is 0 Å². The molecule has 0 atom stereocenters. The summed E-state index contributed by atoms with van der Waals surface area (Å²) in [6, 6.07) is 7.88. The molecule has 9 heteroatoms. The van der Waals surface area contributed by atoms with E-state index in [0.29, 0.717) is 29.5 Å². The zero-order valence-electron chi connectivity index (χ0n) is 11.6. The summed E-state index contributed by atoms with van der Waals surface area (Å²) in [5, 5.41) is 7.45. The molecular formula is C13H12N4O4S. The van der Waals surface area contributed by atoms with Gasteiger partial charge in [0.15, 0.2) is 5.82 Å². The Balaban J connectivity index is 1.81. The monoisotopic (exact) mass is 320 g/mol. The summed E-state index contributed by atoms with van der Waals surface area (Å²) in [5.74, 6) is 1.39. The number of nitrogens with zero attached hydrogens (tertiary/aromatic N) is 3. The third-order valence-corrected chi connectivity index (χ3v) is 4.40. The number of benzene rings is 1. The van der Waals surface area contributed by atoms with Gasteiger partial charge in [0.25, 0.3) is 5.89 Å². The minimum Gasteiger partial charge on any atom is -0.361 e. The van der Waals surface area contributed by atoms with Crippen LogP contribution in [0.2, 0.25) is 0 Å². The van der Waals surface area contributed by atoms with Gasteiger partial charge in [0, 0.05) is 11.6 Å². The molecule has 22 heavy (non-hydrogen) atoms. The van der Waals surface area contributed by atoms with Crippen LogP contribution in [0.25, 0.3) is 11.5 Å². The van der Waals surface area contributed by atoms with E-state index >= 15 is 0 Å². The maximum Gasteiger partial charge on any atom is 0.257 e. The van der Waals surface area contributed by atoms with Crippen LogP contribution in [-0.4, -0.2) is 30.8 Å². The molecule has 3 rings (SSSR count). The Morgan fingerprint density at radius 2 is 1.91 bits per heavy atom. The summed E-state index contributed by atoms with van der Waals surface area (Å²) in [5.41, 5.74) is 0.631. The van der Waals surface area contributed by atoms with Crippen molar-refractivity contribution in [2.75, 3.05) is 7.05 Å². The lowest BCUT2D eigenvalue weighted by Gasteiger charge is -2.02. The van der Waals surface area contributed by atoms with Crippen molar-refractivity contribution in [2.45, 2.75) is 11.3 Å². The molecule has 0 saturated heterocycles. The highest BCUT2D eigenvalue weighted by atomic mass is 32.2. The minimum atomic E-state index is -3.46. The summed E-state index contributed by atoms with van der Waals surface area (Å²) < 4.78 is 35.7. The molecule has 0 fully saturated rings. The lowest BCUT2D eigenvalue weighted by molar-refractivity contribution is 0.382. The second kappa shape index (κ2) is 5.70. The van der Waals surface area contributed by atoms with Gasteiger partial charge in [-0.15, -0.1) is 0 Å². The molecule has 0 aliphatic heterocycles. The van der Waals surface area contributed by atoms with Gasteiger partial charge >= 0.3 is 0 Å². The second-order valence-electron chi connectivity index (χ2n) is 4.40. The van der Waals surface area contributed by atoms with Gasteiger partial charge in [-0.3, -0.25) is 0 Å². The van der Waals surface area contributed by atoms with Crippen molar-refractivity contribution in [3.05, 3.63) is 48.1 Å². The number of rotatable bonds is 5.